The molecule has 0 atom stereocenters. The van der Waals surface area contributed by atoms with Gasteiger partial charge in [-0.1, -0.05) is 11.6 Å². The third-order valence-corrected chi connectivity index (χ3v) is 4.72. The quantitative estimate of drug-likeness (QED) is 0.828. The molecule has 1 heterocycles. The largest absolute Gasteiger partial charge is 0.465 e. The number of ether oxygens (including phenoxy) is 1. The zero-order chi connectivity index (χ0) is 15.6. The number of nitrogens with one attached hydrogen (secondary N) is 1. The van der Waals surface area contributed by atoms with Crippen molar-refractivity contribution in [2.24, 2.45) is 0 Å². The predicted octanol–water partition coefficient (Wildman–Crippen LogP) is 4.17. The van der Waals surface area contributed by atoms with Gasteiger partial charge in [-0.2, -0.15) is 0 Å². The van der Waals surface area contributed by atoms with E-state index < -0.39 is 5.97 Å². The van der Waals surface area contributed by atoms with Crippen molar-refractivity contribution in [2.45, 2.75) is 13.8 Å². The average Bonchev–Trinajstić information content (AvgIpc) is 2.82. The highest BCUT2D eigenvalue weighted by Gasteiger charge is 2.20. The lowest BCUT2D eigenvalue weighted by Gasteiger charge is -2.09. The van der Waals surface area contributed by atoms with Gasteiger partial charge in [-0.15, -0.1) is 11.3 Å². The third kappa shape index (κ3) is 3.33. The van der Waals surface area contributed by atoms with E-state index in [1.165, 1.54) is 18.4 Å². The van der Waals surface area contributed by atoms with Crippen LogP contribution in [0, 0.1) is 13.8 Å². The van der Waals surface area contributed by atoms with Crippen molar-refractivity contribution in [2.75, 3.05) is 12.4 Å². The number of amides is 1. The Kier molecular flexibility index (Phi) is 4.80. The summed E-state index contributed by atoms with van der Waals surface area (Å²) in [6.07, 6.45) is 0. The summed E-state index contributed by atoms with van der Waals surface area (Å²) in [7, 11) is 1.32. The molecular formula is C15H14BrNO3S. The van der Waals surface area contributed by atoms with E-state index in [0.717, 1.165) is 11.1 Å². The minimum absolute atomic E-state index is 0.266. The first-order valence-electron chi connectivity index (χ1n) is 6.18. The van der Waals surface area contributed by atoms with Crippen LogP contribution in [0.3, 0.4) is 0 Å². The number of benzene rings is 1. The Balaban J connectivity index is 2.34. The highest BCUT2D eigenvalue weighted by atomic mass is 79.9. The monoisotopic (exact) mass is 367 g/mol. The summed E-state index contributed by atoms with van der Waals surface area (Å²) in [4.78, 5) is 24.5. The number of carbonyl (C=O) groups is 2. The van der Waals surface area contributed by atoms with E-state index in [1.807, 2.05) is 31.4 Å². The van der Waals surface area contributed by atoms with Crippen LogP contribution in [0.25, 0.3) is 0 Å². The maximum absolute atomic E-state index is 12.4. The maximum Gasteiger partial charge on any atom is 0.350 e. The van der Waals surface area contributed by atoms with E-state index in [4.69, 9.17) is 4.74 Å². The molecule has 1 aromatic heterocycles. The molecule has 0 unspecified atom stereocenters. The molecule has 0 bridgehead atoms. The number of halogens is 1. The van der Waals surface area contributed by atoms with Gasteiger partial charge in [0.1, 0.15) is 4.88 Å². The Morgan fingerprint density at radius 3 is 2.67 bits per heavy atom. The second-order valence-corrected chi connectivity index (χ2v) is 6.29. The summed E-state index contributed by atoms with van der Waals surface area (Å²) < 4.78 is 5.44. The molecule has 1 amide bonds. The molecule has 110 valence electrons. The normalized spacial score (nSPS) is 10.3. The zero-order valence-electron chi connectivity index (χ0n) is 11.8. The number of hydrogen-bond donors (Lipinski definition) is 1. The van der Waals surface area contributed by atoms with Crippen LogP contribution in [0.15, 0.2) is 28.1 Å². The van der Waals surface area contributed by atoms with Gasteiger partial charge in [-0.05, 0) is 52.9 Å². The standard InChI is InChI=1S/C15H14BrNO3S/c1-8-4-5-11(16)10(6-8)14(18)17-12-9(2)7-21-13(12)15(19)20-3/h4-7H,1-3H3,(H,17,18). The molecule has 4 nitrogen and oxygen atoms in total. The van der Waals surface area contributed by atoms with Gasteiger partial charge < -0.3 is 10.1 Å². The minimum atomic E-state index is -0.452. The van der Waals surface area contributed by atoms with Crippen LogP contribution < -0.4 is 5.32 Å². The highest BCUT2D eigenvalue weighted by molar-refractivity contribution is 9.10. The second kappa shape index (κ2) is 6.41. The fraction of sp³-hybridized carbons (Fsp3) is 0.200. The second-order valence-electron chi connectivity index (χ2n) is 4.55. The van der Waals surface area contributed by atoms with Crippen molar-refractivity contribution >= 4 is 44.8 Å². The molecule has 0 saturated carbocycles. The fourth-order valence-electron chi connectivity index (χ4n) is 1.84. The van der Waals surface area contributed by atoms with Crippen molar-refractivity contribution in [3.63, 3.8) is 0 Å². The van der Waals surface area contributed by atoms with Crippen molar-refractivity contribution in [3.05, 3.63) is 49.6 Å². The van der Waals surface area contributed by atoms with Crippen molar-refractivity contribution in [3.8, 4) is 0 Å². The van der Waals surface area contributed by atoms with E-state index in [-0.39, 0.29) is 5.91 Å². The molecule has 6 heteroatoms. The number of aryl methyl sites for hydroxylation is 2. The molecule has 0 saturated heterocycles. The van der Waals surface area contributed by atoms with Crippen LogP contribution in [-0.4, -0.2) is 19.0 Å². The molecule has 1 N–H and O–H groups in total. The average molecular weight is 368 g/mol. The topological polar surface area (TPSA) is 55.4 Å². The van der Waals surface area contributed by atoms with Gasteiger partial charge in [0.25, 0.3) is 5.91 Å². The first-order valence-corrected chi connectivity index (χ1v) is 7.85. The van der Waals surface area contributed by atoms with Gasteiger partial charge in [0.05, 0.1) is 18.4 Å². The molecule has 0 aliphatic heterocycles. The zero-order valence-corrected chi connectivity index (χ0v) is 14.2. The lowest BCUT2D eigenvalue weighted by Crippen LogP contribution is -2.15. The number of esters is 1. The van der Waals surface area contributed by atoms with Crippen LogP contribution in [0.1, 0.15) is 31.2 Å². The molecule has 2 aromatic rings. The van der Waals surface area contributed by atoms with Gasteiger partial charge in [0, 0.05) is 4.47 Å². The van der Waals surface area contributed by atoms with Gasteiger partial charge >= 0.3 is 5.97 Å². The van der Waals surface area contributed by atoms with Gasteiger partial charge in [0.2, 0.25) is 0 Å². The van der Waals surface area contributed by atoms with E-state index in [0.29, 0.717) is 20.6 Å². The van der Waals surface area contributed by atoms with E-state index >= 15 is 0 Å². The lowest BCUT2D eigenvalue weighted by atomic mass is 10.1. The van der Waals surface area contributed by atoms with E-state index in [1.54, 1.807) is 6.07 Å². The number of methoxy groups -OCH3 is 1. The van der Waals surface area contributed by atoms with Crippen molar-refractivity contribution < 1.29 is 14.3 Å². The number of thiophene rings is 1. The lowest BCUT2D eigenvalue weighted by molar-refractivity contribution is 0.0607. The molecular weight excluding hydrogens is 354 g/mol. The van der Waals surface area contributed by atoms with E-state index in [2.05, 4.69) is 21.2 Å². The SMILES string of the molecule is COC(=O)c1scc(C)c1NC(=O)c1cc(C)ccc1Br. The minimum Gasteiger partial charge on any atom is -0.465 e. The van der Waals surface area contributed by atoms with Crippen LogP contribution in [0.4, 0.5) is 5.69 Å². The molecule has 0 aliphatic carbocycles. The molecule has 0 spiro atoms. The van der Waals surface area contributed by atoms with Crippen LogP contribution in [0.2, 0.25) is 0 Å². The number of hydrogen-bond acceptors (Lipinski definition) is 4. The summed E-state index contributed by atoms with van der Waals surface area (Å²) in [5.41, 5.74) is 2.85. The summed E-state index contributed by atoms with van der Waals surface area (Å²) in [6, 6.07) is 5.53. The van der Waals surface area contributed by atoms with Crippen LogP contribution in [-0.2, 0) is 4.74 Å². The van der Waals surface area contributed by atoms with Crippen molar-refractivity contribution in [1.29, 1.82) is 0 Å². The smallest absolute Gasteiger partial charge is 0.350 e. The third-order valence-electron chi connectivity index (χ3n) is 2.95. The Morgan fingerprint density at radius 1 is 1.29 bits per heavy atom. The summed E-state index contributed by atoms with van der Waals surface area (Å²) >= 11 is 4.62. The molecule has 0 aliphatic rings. The van der Waals surface area contributed by atoms with Gasteiger partial charge in [0.15, 0.2) is 0 Å². The number of rotatable bonds is 3. The molecule has 21 heavy (non-hydrogen) atoms. The molecule has 0 radical (unpaired) electrons. The van der Waals surface area contributed by atoms with Crippen LogP contribution >= 0.6 is 27.3 Å². The maximum atomic E-state index is 12.4. The fourth-order valence-corrected chi connectivity index (χ4v) is 3.19. The van der Waals surface area contributed by atoms with E-state index in [9.17, 15) is 9.59 Å². The Morgan fingerprint density at radius 2 is 2.00 bits per heavy atom. The highest BCUT2D eigenvalue weighted by Crippen LogP contribution is 2.29. The molecule has 0 fully saturated rings. The Bertz CT molecular complexity index is 709. The summed E-state index contributed by atoms with van der Waals surface area (Å²) in [5, 5.41) is 4.61. The van der Waals surface area contributed by atoms with Gasteiger partial charge in [-0.25, -0.2) is 4.79 Å². The Labute approximate surface area is 135 Å². The van der Waals surface area contributed by atoms with Crippen molar-refractivity contribution in [1.82, 2.24) is 0 Å². The summed E-state index contributed by atoms with van der Waals surface area (Å²) in [5.74, 6) is -0.719. The van der Waals surface area contributed by atoms with Gasteiger partial charge in [-0.3, -0.25) is 4.79 Å². The Hall–Kier alpha value is -1.66. The number of anilines is 1. The van der Waals surface area contributed by atoms with Crippen LogP contribution in [0.5, 0.6) is 0 Å². The first kappa shape index (κ1) is 15.7. The molecule has 2 rings (SSSR count). The number of carbonyl (C=O) groups excluding carboxylic acids is 2. The first-order chi connectivity index (χ1) is 9.93. The molecule has 1 aromatic carbocycles. The predicted molar refractivity (Wildman–Crippen MR) is 87.2 cm³/mol. The summed E-state index contributed by atoms with van der Waals surface area (Å²) in [6.45, 7) is 3.75.